The maximum atomic E-state index is 4.34. The predicted molar refractivity (Wildman–Crippen MR) is 111 cm³/mol. The normalized spacial score (nSPS) is 25.0. The third-order valence-electron chi connectivity index (χ3n) is 6.12. The molecule has 3 heterocycles. The number of fused-ring (bicyclic) bond motifs is 1. The second-order valence-electron chi connectivity index (χ2n) is 8.04. The first-order valence-electron chi connectivity index (χ1n) is 10.2. The van der Waals surface area contributed by atoms with Gasteiger partial charge < -0.3 is 4.98 Å². The van der Waals surface area contributed by atoms with E-state index in [1.165, 1.54) is 28.8 Å². The summed E-state index contributed by atoms with van der Waals surface area (Å²) < 4.78 is 0. The first-order chi connectivity index (χ1) is 13.8. The van der Waals surface area contributed by atoms with Gasteiger partial charge in [0.15, 0.2) is 0 Å². The second-order valence-corrected chi connectivity index (χ2v) is 8.04. The van der Waals surface area contributed by atoms with Crippen molar-refractivity contribution < 1.29 is 0 Å². The summed E-state index contributed by atoms with van der Waals surface area (Å²) >= 11 is 0. The van der Waals surface area contributed by atoms with Crippen LogP contribution in [0, 0.1) is 12.8 Å². The molecule has 5 nitrogen and oxygen atoms in total. The van der Waals surface area contributed by atoms with E-state index in [4.69, 9.17) is 0 Å². The number of benzene rings is 2. The second kappa shape index (κ2) is 7.51. The first kappa shape index (κ1) is 17.6. The molecule has 144 valence electrons. The molecule has 2 aromatic carbocycles. The zero-order valence-corrected chi connectivity index (χ0v) is 16.2. The molecular weight excluding hydrogens is 346 g/mol. The Balaban J connectivity index is 1.30. The minimum absolute atomic E-state index is 0.348. The minimum Gasteiger partial charge on any atom is -0.345 e. The lowest BCUT2D eigenvalue weighted by molar-refractivity contribution is 0.147. The van der Waals surface area contributed by atoms with Gasteiger partial charge in [-0.1, -0.05) is 54.6 Å². The lowest BCUT2D eigenvalue weighted by Crippen LogP contribution is -2.45. The van der Waals surface area contributed by atoms with Crippen LogP contribution in [0.2, 0.25) is 0 Å². The Morgan fingerprint density at radius 2 is 1.79 bits per heavy atom. The Kier molecular flexibility index (Phi) is 4.72. The van der Waals surface area contributed by atoms with Crippen molar-refractivity contribution >= 4 is 0 Å². The van der Waals surface area contributed by atoms with E-state index < -0.39 is 0 Å². The van der Waals surface area contributed by atoms with Gasteiger partial charge in [-0.05, 0) is 30.0 Å². The molecule has 2 saturated heterocycles. The molecule has 28 heavy (non-hydrogen) atoms. The molecule has 0 amide bonds. The van der Waals surface area contributed by atoms with Gasteiger partial charge in [0.2, 0.25) is 0 Å². The molecule has 0 bridgehead atoms. The monoisotopic (exact) mass is 373 g/mol. The van der Waals surface area contributed by atoms with Crippen molar-refractivity contribution in [2.24, 2.45) is 5.92 Å². The molecule has 3 unspecified atom stereocenters. The van der Waals surface area contributed by atoms with E-state index in [1.54, 1.807) is 0 Å². The van der Waals surface area contributed by atoms with E-state index in [-0.39, 0.29) is 0 Å². The van der Waals surface area contributed by atoms with Crippen molar-refractivity contribution in [1.82, 2.24) is 25.7 Å². The summed E-state index contributed by atoms with van der Waals surface area (Å²) in [6.07, 6.45) is 3.13. The largest absolute Gasteiger partial charge is 0.345 e. The molecule has 0 saturated carbocycles. The van der Waals surface area contributed by atoms with Gasteiger partial charge in [0.1, 0.15) is 5.82 Å². The average Bonchev–Trinajstić information content (AvgIpc) is 3.34. The molecule has 5 heteroatoms. The molecule has 3 aromatic rings. The Hall–Kier alpha value is -2.47. The smallest absolute Gasteiger partial charge is 0.103 e. The van der Waals surface area contributed by atoms with E-state index in [2.05, 4.69) is 80.3 Å². The van der Waals surface area contributed by atoms with Crippen molar-refractivity contribution in [3.8, 4) is 11.1 Å². The van der Waals surface area contributed by atoms with Crippen molar-refractivity contribution in [2.45, 2.75) is 32.0 Å². The van der Waals surface area contributed by atoms with Gasteiger partial charge >= 0.3 is 0 Å². The van der Waals surface area contributed by atoms with Crippen molar-refractivity contribution in [2.75, 3.05) is 13.1 Å². The number of aryl methyl sites for hydroxylation is 1. The van der Waals surface area contributed by atoms with Crippen LogP contribution in [0.15, 0.2) is 60.8 Å². The number of imidazole rings is 1. The van der Waals surface area contributed by atoms with Crippen LogP contribution in [0.3, 0.4) is 0 Å². The first-order valence-corrected chi connectivity index (χ1v) is 10.2. The van der Waals surface area contributed by atoms with Crippen LogP contribution < -0.4 is 10.9 Å². The summed E-state index contributed by atoms with van der Waals surface area (Å²) in [6, 6.07) is 20.5. The highest BCUT2D eigenvalue weighted by Gasteiger charge is 2.40. The Bertz CT molecular complexity index is 918. The molecule has 2 fully saturated rings. The number of rotatable bonds is 4. The molecule has 0 spiro atoms. The highest BCUT2D eigenvalue weighted by Crippen LogP contribution is 2.34. The SMILES string of the molecule is Cc1ncc(CN2CCC3NNC(c4ccc(-c5ccccc5)cc4)C3C2)[nH]1. The number of piperidine rings is 1. The summed E-state index contributed by atoms with van der Waals surface area (Å²) in [5, 5.41) is 0. The van der Waals surface area contributed by atoms with E-state index >= 15 is 0 Å². The van der Waals surface area contributed by atoms with Gasteiger partial charge in [0.05, 0.1) is 6.04 Å². The van der Waals surface area contributed by atoms with Crippen LogP contribution in [-0.2, 0) is 6.54 Å². The molecule has 3 atom stereocenters. The minimum atomic E-state index is 0.348. The van der Waals surface area contributed by atoms with E-state index in [0.29, 0.717) is 18.0 Å². The Morgan fingerprint density at radius 3 is 2.54 bits per heavy atom. The van der Waals surface area contributed by atoms with Crippen molar-refractivity contribution in [1.29, 1.82) is 0 Å². The zero-order valence-electron chi connectivity index (χ0n) is 16.2. The van der Waals surface area contributed by atoms with E-state index in [1.807, 2.05) is 13.1 Å². The summed E-state index contributed by atoms with van der Waals surface area (Å²) in [5.74, 6) is 1.56. The predicted octanol–water partition coefficient (Wildman–Crippen LogP) is 3.42. The van der Waals surface area contributed by atoms with E-state index in [0.717, 1.165) is 25.5 Å². The van der Waals surface area contributed by atoms with Gasteiger partial charge in [0.25, 0.3) is 0 Å². The van der Waals surface area contributed by atoms with Crippen LogP contribution in [0.5, 0.6) is 0 Å². The van der Waals surface area contributed by atoms with Crippen LogP contribution in [0.4, 0.5) is 0 Å². The topological polar surface area (TPSA) is 56.0 Å². The standard InChI is InChI=1S/C23H27N5/c1-16-24-13-20(25-16)14-28-12-11-22-21(15-28)23(27-26-22)19-9-7-18(8-10-19)17-5-3-2-4-6-17/h2-10,13,21-23,26-27H,11-12,14-15H2,1H3,(H,24,25). The third-order valence-corrected chi connectivity index (χ3v) is 6.12. The van der Waals surface area contributed by atoms with Gasteiger partial charge in [0, 0.05) is 43.5 Å². The average molecular weight is 374 g/mol. The highest BCUT2D eigenvalue weighted by atomic mass is 15.4. The fraction of sp³-hybridized carbons (Fsp3) is 0.348. The number of aromatic amines is 1. The maximum absolute atomic E-state index is 4.34. The van der Waals surface area contributed by atoms with Crippen LogP contribution in [-0.4, -0.2) is 34.0 Å². The van der Waals surface area contributed by atoms with Gasteiger partial charge in [-0.25, -0.2) is 10.4 Å². The number of hydrazine groups is 1. The summed E-state index contributed by atoms with van der Waals surface area (Å²) in [4.78, 5) is 10.3. The van der Waals surface area contributed by atoms with Crippen LogP contribution in [0.25, 0.3) is 11.1 Å². The van der Waals surface area contributed by atoms with Crippen LogP contribution >= 0.6 is 0 Å². The molecule has 1 aromatic heterocycles. The molecule has 2 aliphatic heterocycles. The van der Waals surface area contributed by atoms with E-state index in [9.17, 15) is 0 Å². The quantitative estimate of drug-likeness (QED) is 0.656. The number of hydrogen-bond donors (Lipinski definition) is 3. The number of aromatic nitrogens is 2. The molecule has 3 N–H and O–H groups in total. The maximum Gasteiger partial charge on any atom is 0.103 e. The fourth-order valence-electron chi connectivity index (χ4n) is 4.65. The lowest BCUT2D eigenvalue weighted by Gasteiger charge is -2.36. The number of likely N-dealkylation sites (tertiary alicyclic amines) is 1. The molecule has 0 aliphatic carbocycles. The Morgan fingerprint density at radius 1 is 1.00 bits per heavy atom. The number of nitrogens with one attached hydrogen (secondary N) is 3. The zero-order chi connectivity index (χ0) is 18.9. The summed E-state index contributed by atoms with van der Waals surface area (Å²) in [5.41, 5.74) is 12.2. The summed E-state index contributed by atoms with van der Waals surface area (Å²) in [6.45, 7) is 5.17. The van der Waals surface area contributed by atoms with Crippen molar-refractivity contribution in [3.05, 3.63) is 77.9 Å². The lowest BCUT2D eigenvalue weighted by atomic mass is 9.84. The molecular formula is C23H27N5. The third kappa shape index (κ3) is 3.49. The highest BCUT2D eigenvalue weighted by molar-refractivity contribution is 5.63. The molecule has 0 radical (unpaired) electrons. The number of hydrogen-bond acceptors (Lipinski definition) is 4. The van der Waals surface area contributed by atoms with Crippen molar-refractivity contribution in [3.63, 3.8) is 0 Å². The van der Waals surface area contributed by atoms with Crippen LogP contribution in [0.1, 0.15) is 29.5 Å². The summed E-state index contributed by atoms with van der Waals surface area (Å²) in [7, 11) is 0. The van der Waals surface area contributed by atoms with Gasteiger partial charge in [-0.3, -0.25) is 10.3 Å². The molecule has 2 aliphatic rings. The fourth-order valence-corrected chi connectivity index (χ4v) is 4.65. The number of H-pyrrole nitrogens is 1. The Labute approximate surface area is 166 Å². The molecule has 5 rings (SSSR count). The number of nitrogens with zero attached hydrogens (tertiary/aromatic N) is 2. The van der Waals surface area contributed by atoms with Gasteiger partial charge in [-0.2, -0.15) is 0 Å². The van der Waals surface area contributed by atoms with Gasteiger partial charge in [-0.15, -0.1) is 0 Å².